The van der Waals surface area contributed by atoms with Gasteiger partial charge in [0.1, 0.15) is 11.9 Å². The Bertz CT molecular complexity index is 1470. The molecule has 1 fully saturated rings. The van der Waals surface area contributed by atoms with E-state index in [9.17, 15) is 13.2 Å². The van der Waals surface area contributed by atoms with Crippen molar-refractivity contribution in [2.45, 2.75) is 17.4 Å². The number of carbonyl (C=O) groups excluding carboxylic acids is 1. The molecule has 4 N–H and O–H groups in total. The van der Waals surface area contributed by atoms with Crippen molar-refractivity contribution in [3.8, 4) is 0 Å². The zero-order chi connectivity index (χ0) is 27.4. The van der Waals surface area contributed by atoms with Gasteiger partial charge in [0.05, 0.1) is 4.90 Å². The van der Waals surface area contributed by atoms with Crippen LogP contribution in [0, 0.1) is 5.41 Å². The minimum Gasteiger partial charge on any atom is -0.384 e. The number of nitrogens with two attached hydrogens (primary N) is 1. The highest BCUT2D eigenvalue weighted by Gasteiger charge is 2.32. The predicted octanol–water partition coefficient (Wildman–Crippen LogP) is 2.00. The lowest BCUT2D eigenvalue weighted by Gasteiger charge is -2.39. The van der Waals surface area contributed by atoms with E-state index in [4.69, 9.17) is 23.4 Å². The predicted molar refractivity (Wildman–Crippen MR) is 154 cm³/mol. The fraction of sp³-hybridized carbons (Fsp3) is 0.296. The van der Waals surface area contributed by atoms with Crippen LogP contribution >= 0.6 is 12.2 Å². The Balaban J connectivity index is 1.60. The number of amides is 1. The number of thiocarbonyl (C=S) groups is 1. The molecule has 1 amide bonds. The summed E-state index contributed by atoms with van der Waals surface area (Å²) >= 11 is 5.46. The maximum absolute atomic E-state index is 13.7. The van der Waals surface area contributed by atoms with Crippen LogP contribution in [0.5, 0.6) is 0 Å². The minimum absolute atomic E-state index is 0.0904. The third-order valence-corrected chi connectivity index (χ3v) is 8.64. The van der Waals surface area contributed by atoms with E-state index in [0.29, 0.717) is 42.4 Å². The van der Waals surface area contributed by atoms with Crippen molar-refractivity contribution in [1.82, 2.24) is 19.4 Å². The molecule has 1 atom stereocenters. The van der Waals surface area contributed by atoms with Crippen molar-refractivity contribution in [2.24, 2.45) is 5.73 Å². The average molecular weight is 553 g/mol. The summed E-state index contributed by atoms with van der Waals surface area (Å²) in [5.41, 5.74) is 6.86. The highest BCUT2D eigenvalue weighted by atomic mass is 32.2. The van der Waals surface area contributed by atoms with Crippen LogP contribution in [0.2, 0.25) is 0 Å². The maximum atomic E-state index is 13.7. The number of benzene rings is 3. The van der Waals surface area contributed by atoms with Gasteiger partial charge in [-0.1, -0.05) is 48.5 Å². The molecule has 1 aliphatic rings. The van der Waals surface area contributed by atoms with Crippen LogP contribution in [-0.2, 0) is 21.2 Å². The van der Waals surface area contributed by atoms with Gasteiger partial charge in [-0.25, -0.2) is 8.42 Å². The summed E-state index contributed by atoms with van der Waals surface area (Å²) in [5, 5.41) is 10.2. The molecular weight excluding hydrogens is 520 g/mol. The number of sulfonamides is 1. The van der Waals surface area contributed by atoms with E-state index in [1.807, 2.05) is 48.2 Å². The number of nitrogens with zero attached hydrogens (tertiary/aromatic N) is 3. The van der Waals surface area contributed by atoms with Crippen LogP contribution in [0.4, 0.5) is 0 Å². The first-order valence-electron chi connectivity index (χ1n) is 12.2. The fourth-order valence-electron chi connectivity index (χ4n) is 4.49. The molecule has 0 spiro atoms. The molecule has 0 radical (unpaired) electrons. The lowest BCUT2D eigenvalue weighted by molar-refractivity contribution is -0.134. The Morgan fingerprint density at radius 3 is 2.32 bits per heavy atom. The summed E-state index contributed by atoms with van der Waals surface area (Å²) < 4.78 is 29.6. The second-order valence-electron chi connectivity index (χ2n) is 9.49. The highest BCUT2D eigenvalue weighted by Crippen LogP contribution is 2.20. The van der Waals surface area contributed by atoms with Gasteiger partial charge in [0.15, 0.2) is 5.11 Å². The van der Waals surface area contributed by atoms with Crippen LogP contribution < -0.4 is 10.5 Å². The molecule has 200 valence electrons. The normalized spacial score (nSPS) is 14.8. The van der Waals surface area contributed by atoms with Crippen LogP contribution in [-0.4, -0.2) is 86.3 Å². The number of carbonyl (C=O) groups is 1. The van der Waals surface area contributed by atoms with Gasteiger partial charge in [-0.15, -0.1) is 0 Å². The third-order valence-electron chi connectivity index (χ3n) is 6.55. The molecular formula is C27H32N6O3S2. The first kappa shape index (κ1) is 27.5. The summed E-state index contributed by atoms with van der Waals surface area (Å²) in [7, 11) is -0.256. The van der Waals surface area contributed by atoms with Gasteiger partial charge in [0, 0.05) is 45.8 Å². The molecule has 9 nitrogen and oxygen atoms in total. The number of piperazine rings is 1. The molecule has 0 saturated carbocycles. The van der Waals surface area contributed by atoms with Crippen LogP contribution in [0.3, 0.4) is 0 Å². The first-order chi connectivity index (χ1) is 18.0. The number of amidine groups is 1. The summed E-state index contributed by atoms with van der Waals surface area (Å²) in [6.07, 6.45) is 0.114. The summed E-state index contributed by atoms with van der Waals surface area (Å²) in [6.45, 7) is 1.97. The third kappa shape index (κ3) is 6.29. The topological polar surface area (TPSA) is 123 Å². The molecule has 4 rings (SSSR count). The van der Waals surface area contributed by atoms with Gasteiger partial charge < -0.3 is 20.4 Å². The summed E-state index contributed by atoms with van der Waals surface area (Å²) in [6, 6.07) is 18.3. The second kappa shape index (κ2) is 11.5. The van der Waals surface area contributed by atoms with E-state index in [1.54, 1.807) is 47.4 Å². The molecule has 1 heterocycles. The Kier molecular flexibility index (Phi) is 8.29. The summed E-state index contributed by atoms with van der Waals surface area (Å²) in [4.78, 5) is 19.4. The molecule has 0 aliphatic carbocycles. The van der Waals surface area contributed by atoms with Crippen molar-refractivity contribution in [1.29, 1.82) is 5.41 Å². The van der Waals surface area contributed by atoms with Crippen molar-refractivity contribution in [3.05, 3.63) is 77.9 Å². The minimum atomic E-state index is -4.02. The standard InChI is InChI=1S/C27H32N6O3S2/c1-31(2)27(37)33-14-12-32(13-15-33)26(34)24(17-19-6-5-9-22(16-19)25(28)29)30-38(35,36)23-11-10-20-7-3-4-8-21(20)18-23/h3-11,16,18,24,30H,12-15,17H2,1-2H3,(H3,28,29)/t24-/m0/s1. The maximum Gasteiger partial charge on any atom is 0.241 e. The van der Waals surface area contributed by atoms with Gasteiger partial charge in [0.25, 0.3) is 0 Å². The lowest BCUT2D eigenvalue weighted by atomic mass is 10.0. The lowest BCUT2D eigenvalue weighted by Crippen LogP contribution is -2.57. The number of nitrogen functional groups attached to an aromatic ring is 1. The van der Waals surface area contributed by atoms with Crippen LogP contribution in [0.25, 0.3) is 10.8 Å². The Hall–Kier alpha value is -3.54. The average Bonchev–Trinajstić information content (AvgIpc) is 2.91. The Morgan fingerprint density at radius 1 is 1.00 bits per heavy atom. The van der Waals surface area contributed by atoms with Gasteiger partial charge in [-0.3, -0.25) is 10.2 Å². The van der Waals surface area contributed by atoms with Gasteiger partial charge in [0.2, 0.25) is 15.9 Å². The van der Waals surface area contributed by atoms with E-state index in [0.717, 1.165) is 10.8 Å². The molecule has 11 heteroatoms. The van der Waals surface area contributed by atoms with Gasteiger partial charge in [-0.2, -0.15) is 4.72 Å². The number of hydrogen-bond donors (Lipinski definition) is 3. The molecule has 1 aliphatic heterocycles. The fourth-order valence-corrected chi connectivity index (χ4v) is 5.90. The van der Waals surface area contributed by atoms with E-state index in [1.165, 1.54) is 0 Å². The number of rotatable bonds is 7. The molecule has 0 unspecified atom stereocenters. The number of fused-ring (bicyclic) bond motifs is 1. The highest BCUT2D eigenvalue weighted by molar-refractivity contribution is 7.89. The van der Waals surface area contributed by atoms with Gasteiger partial charge >= 0.3 is 0 Å². The molecule has 3 aromatic rings. The van der Waals surface area contributed by atoms with E-state index in [2.05, 4.69) is 4.72 Å². The molecule has 0 bridgehead atoms. The zero-order valence-electron chi connectivity index (χ0n) is 21.4. The Morgan fingerprint density at radius 2 is 1.66 bits per heavy atom. The van der Waals surface area contributed by atoms with E-state index < -0.39 is 16.1 Å². The first-order valence-corrected chi connectivity index (χ1v) is 14.1. The monoisotopic (exact) mass is 552 g/mol. The Labute approximate surface area is 228 Å². The molecule has 0 aromatic heterocycles. The summed E-state index contributed by atoms with van der Waals surface area (Å²) in [5.74, 6) is -0.405. The quantitative estimate of drug-likeness (QED) is 0.233. The molecule has 3 aromatic carbocycles. The largest absolute Gasteiger partial charge is 0.384 e. The van der Waals surface area contributed by atoms with Crippen molar-refractivity contribution in [2.75, 3.05) is 40.3 Å². The zero-order valence-corrected chi connectivity index (χ0v) is 23.1. The molecule has 38 heavy (non-hydrogen) atoms. The van der Waals surface area contributed by atoms with Crippen molar-refractivity contribution in [3.63, 3.8) is 0 Å². The van der Waals surface area contributed by atoms with Gasteiger partial charge in [-0.05, 0) is 53.2 Å². The van der Waals surface area contributed by atoms with E-state index in [-0.39, 0.29) is 23.1 Å². The van der Waals surface area contributed by atoms with Crippen LogP contribution in [0.15, 0.2) is 71.6 Å². The SMILES string of the molecule is CN(C)C(=S)N1CCN(C(=O)[C@H](Cc2cccc(C(=N)N)c2)NS(=O)(=O)c2ccc3ccccc3c2)CC1. The van der Waals surface area contributed by atoms with Crippen LogP contribution in [0.1, 0.15) is 11.1 Å². The smallest absolute Gasteiger partial charge is 0.241 e. The molecule has 1 saturated heterocycles. The van der Waals surface area contributed by atoms with E-state index >= 15 is 0 Å². The number of hydrogen-bond acceptors (Lipinski definition) is 5. The van der Waals surface area contributed by atoms with Crippen molar-refractivity contribution >= 4 is 49.9 Å². The number of nitrogens with one attached hydrogen (secondary N) is 2. The van der Waals surface area contributed by atoms with Crippen molar-refractivity contribution < 1.29 is 13.2 Å². The second-order valence-corrected chi connectivity index (χ2v) is 11.6.